The molecule has 4 nitrogen and oxygen atoms in total. The van der Waals surface area contributed by atoms with E-state index in [1.165, 1.54) is 11.8 Å². The van der Waals surface area contributed by atoms with Gasteiger partial charge in [-0.15, -0.1) is 23.1 Å². The molecule has 2 aromatic rings. The van der Waals surface area contributed by atoms with Crippen LogP contribution in [0.3, 0.4) is 0 Å². The average Bonchev–Trinajstić information content (AvgIpc) is 2.65. The molecule has 0 saturated heterocycles. The normalized spacial score (nSPS) is 13.2. The summed E-state index contributed by atoms with van der Waals surface area (Å²) in [5.41, 5.74) is 5.61. The fourth-order valence-electron chi connectivity index (χ4n) is 1.16. The lowest BCUT2D eigenvalue weighted by Crippen LogP contribution is -2.03. The lowest BCUT2D eigenvalue weighted by molar-refractivity contribution is 0.300. The van der Waals surface area contributed by atoms with E-state index >= 15 is 0 Å². The molecular formula is C9H11N3OS2. The molecule has 2 rings (SSSR count). The van der Waals surface area contributed by atoms with Crippen molar-refractivity contribution >= 4 is 39.3 Å². The highest BCUT2D eigenvalue weighted by atomic mass is 32.2. The minimum atomic E-state index is 0.113. The van der Waals surface area contributed by atoms with Crippen molar-refractivity contribution in [1.82, 2.24) is 9.97 Å². The molecule has 0 amide bonds. The van der Waals surface area contributed by atoms with Gasteiger partial charge in [-0.3, -0.25) is 0 Å². The molecule has 0 aromatic carbocycles. The number of aromatic nitrogens is 2. The van der Waals surface area contributed by atoms with Crippen LogP contribution < -0.4 is 5.73 Å². The molecule has 2 heterocycles. The highest BCUT2D eigenvalue weighted by Gasteiger charge is 2.11. The molecule has 2 aromatic heterocycles. The van der Waals surface area contributed by atoms with Crippen molar-refractivity contribution in [2.75, 3.05) is 12.3 Å². The Balaban J connectivity index is 2.44. The van der Waals surface area contributed by atoms with Crippen LogP contribution in [0.15, 0.2) is 16.5 Å². The molecule has 80 valence electrons. The van der Waals surface area contributed by atoms with Crippen molar-refractivity contribution in [3.05, 3.63) is 11.4 Å². The second-order valence-corrected chi connectivity index (χ2v) is 5.46. The predicted octanol–water partition coefficient (Wildman–Crippen LogP) is 1.75. The highest BCUT2D eigenvalue weighted by molar-refractivity contribution is 8.00. The predicted molar refractivity (Wildman–Crippen MR) is 64.2 cm³/mol. The molecule has 0 aliphatic rings. The van der Waals surface area contributed by atoms with Crippen LogP contribution in [0.5, 0.6) is 0 Å². The maximum absolute atomic E-state index is 9.00. The number of rotatable bonds is 3. The number of thioether (sulfide) groups is 1. The molecule has 0 spiro atoms. The number of nitrogen functional groups attached to an aromatic ring is 1. The largest absolute Gasteiger partial charge is 0.395 e. The van der Waals surface area contributed by atoms with Gasteiger partial charge in [0, 0.05) is 10.6 Å². The first-order valence-electron chi connectivity index (χ1n) is 4.49. The molecule has 1 atom stereocenters. The van der Waals surface area contributed by atoms with Gasteiger partial charge >= 0.3 is 0 Å². The number of hydrogen-bond donors (Lipinski definition) is 2. The van der Waals surface area contributed by atoms with Crippen molar-refractivity contribution in [2.24, 2.45) is 0 Å². The Labute approximate surface area is 95.5 Å². The van der Waals surface area contributed by atoms with Gasteiger partial charge in [0.25, 0.3) is 0 Å². The molecule has 0 aliphatic heterocycles. The minimum absolute atomic E-state index is 0.113. The topological polar surface area (TPSA) is 72.0 Å². The second-order valence-electron chi connectivity index (χ2n) is 3.14. The summed E-state index contributed by atoms with van der Waals surface area (Å²) < 4.78 is 0. The Morgan fingerprint density at radius 2 is 2.40 bits per heavy atom. The number of fused-ring (bicyclic) bond motifs is 1. The quantitative estimate of drug-likeness (QED) is 0.632. The summed E-state index contributed by atoms with van der Waals surface area (Å²) in [7, 11) is 0. The highest BCUT2D eigenvalue weighted by Crippen LogP contribution is 2.31. The van der Waals surface area contributed by atoms with Crippen LogP contribution in [-0.4, -0.2) is 26.9 Å². The van der Waals surface area contributed by atoms with Gasteiger partial charge < -0.3 is 10.8 Å². The zero-order valence-corrected chi connectivity index (χ0v) is 9.81. The zero-order chi connectivity index (χ0) is 10.8. The van der Waals surface area contributed by atoms with Gasteiger partial charge in [-0.1, -0.05) is 6.92 Å². The second kappa shape index (κ2) is 4.34. The lowest BCUT2D eigenvalue weighted by Gasteiger charge is -2.07. The van der Waals surface area contributed by atoms with E-state index in [0.29, 0.717) is 0 Å². The van der Waals surface area contributed by atoms with Crippen LogP contribution in [0.25, 0.3) is 10.2 Å². The third-order valence-corrected chi connectivity index (χ3v) is 3.77. The van der Waals surface area contributed by atoms with E-state index < -0.39 is 0 Å². The van der Waals surface area contributed by atoms with Gasteiger partial charge in [0.2, 0.25) is 5.95 Å². The van der Waals surface area contributed by atoms with Crippen molar-refractivity contribution < 1.29 is 5.11 Å². The average molecular weight is 241 g/mol. The Kier molecular flexibility index (Phi) is 3.08. The first-order chi connectivity index (χ1) is 7.20. The maximum atomic E-state index is 9.00. The molecule has 0 bridgehead atoms. The van der Waals surface area contributed by atoms with E-state index in [1.54, 1.807) is 11.3 Å². The van der Waals surface area contributed by atoms with Gasteiger partial charge in [0.05, 0.1) is 6.61 Å². The summed E-state index contributed by atoms with van der Waals surface area (Å²) in [6.45, 7) is 2.07. The van der Waals surface area contributed by atoms with E-state index in [-0.39, 0.29) is 17.8 Å². The summed E-state index contributed by atoms with van der Waals surface area (Å²) in [6.07, 6.45) is 0. The lowest BCUT2D eigenvalue weighted by atomic mass is 10.4. The number of thiophene rings is 1. The fourth-order valence-corrected chi connectivity index (χ4v) is 2.89. The first kappa shape index (κ1) is 10.7. The standard InChI is InChI=1S/C9H11N3OS2/c1-5(4-13)15-8-6-2-3-14-7(6)11-9(10)12-8/h2-3,5,13H,4H2,1H3,(H2,10,11,12). The van der Waals surface area contributed by atoms with Gasteiger partial charge in [0.1, 0.15) is 9.86 Å². The SMILES string of the molecule is CC(CO)Sc1nc(N)nc2sccc12. The number of aliphatic hydroxyl groups excluding tert-OH is 1. The summed E-state index contributed by atoms with van der Waals surface area (Å²) in [5, 5.41) is 12.9. The molecule has 6 heteroatoms. The van der Waals surface area contributed by atoms with Gasteiger partial charge in [-0.25, -0.2) is 9.97 Å². The molecule has 0 aliphatic carbocycles. The summed E-state index contributed by atoms with van der Waals surface area (Å²) >= 11 is 3.06. The number of anilines is 1. The molecule has 3 N–H and O–H groups in total. The Bertz CT molecular complexity index is 471. The third-order valence-electron chi connectivity index (χ3n) is 1.88. The summed E-state index contributed by atoms with van der Waals surface area (Å²) in [6, 6.07) is 1.98. The molecule has 1 unspecified atom stereocenters. The van der Waals surface area contributed by atoms with Crippen LogP contribution in [0.4, 0.5) is 5.95 Å². The van der Waals surface area contributed by atoms with Crippen LogP contribution in [-0.2, 0) is 0 Å². The van der Waals surface area contributed by atoms with Crippen LogP contribution >= 0.6 is 23.1 Å². The van der Waals surface area contributed by atoms with Gasteiger partial charge in [0.15, 0.2) is 0 Å². The molecule has 0 fully saturated rings. The molecule has 0 radical (unpaired) electrons. The van der Waals surface area contributed by atoms with Crippen molar-refractivity contribution in [2.45, 2.75) is 17.2 Å². The van der Waals surface area contributed by atoms with E-state index in [0.717, 1.165) is 15.2 Å². The van der Waals surface area contributed by atoms with E-state index in [2.05, 4.69) is 9.97 Å². The summed E-state index contributed by atoms with van der Waals surface area (Å²) in [4.78, 5) is 9.22. The molecule has 0 saturated carbocycles. The smallest absolute Gasteiger partial charge is 0.222 e. The fraction of sp³-hybridized carbons (Fsp3) is 0.333. The van der Waals surface area contributed by atoms with E-state index in [4.69, 9.17) is 10.8 Å². The van der Waals surface area contributed by atoms with Gasteiger partial charge in [-0.05, 0) is 11.4 Å². The maximum Gasteiger partial charge on any atom is 0.222 e. The van der Waals surface area contributed by atoms with Crippen LogP contribution in [0, 0.1) is 0 Å². The summed E-state index contributed by atoms with van der Waals surface area (Å²) in [5.74, 6) is 0.289. The zero-order valence-electron chi connectivity index (χ0n) is 8.17. The Hall–Kier alpha value is -0.850. The van der Waals surface area contributed by atoms with Crippen LogP contribution in [0.1, 0.15) is 6.92 Å². The number of nitrogens with zero attached hydrogens (tertiary/aromatic N) is 2. The van der Waals surface area contributed by atoms with E-state index in [1.807, 2.05) is 18.4 Å². The Morgan fingerprint density at radius 3 is 3.13 bits per heavy atom. The molecule has 15 heavy (non-hydrogen) atoms. The number of aliphatic hydroxyl groups is 1. The Morgan fingerprint density at radius 1 is 1.60 bits per heavy atom. The number of hydrogen-bond acceptors (Lipinski definition) is 6. The monoisotopic (exact) mass is 241 g/mol. The van der Waals surface area contributed by atoms with Crippen molar-refractivity contribution in [1.29, 1.82) is 0 Å². The third kappa shape index (κ3) is 2.22. The van der Waals surface area contributed by atoms with Crippen molar-refractivity contribution in [3.8, 4) is 0 Å². The number of nitrogens with two attached hydrogens (primary N) is 1. The van der Waals surface area contributed by atoms with E-state index in [9.17, 15) is 0 Å². The van der Waals surface area contributed by atoms with Gasteiger partial charge in [-0.2, -0.15) is 0 Å². The minimum Gasteiger partial charge on any atom is -0.395 e. The van der Waals surface area contributed by atoms with Crippen molar-refractivity contribution in [3.63, 3.8) is 0 Å². The molecular weight excluding hydrogens is 230 g/mol. The first-order valence-corrected chi connectivity index (χ1v) is 6.25. The van der Waals surface area contributed by atoms with Crippen LogP contribution in [0.2, 0.25) is 0 Å².